The molecular weight excluding hydrogens is 821 g/mol. The van der Waals surface area contributed by atoms with Gasteiger partial charge in [0.1, 0.15) is 22.6 Å². The van der Waals surface area contributed by atoms with Crippen LogP contribution in [0.1, 0.15) is 121 Å². The molecule has 19 nitrogen and oxygen atoms in total. The van der Waals surface area contributed by atoms with Gasteiger partial charge in [-0.1, -0.05) is 52.0 Å². The number of anilines is 2. The van der Waals surface area contributed by atoms with Crippen LogP contribution in [0.15, 0.2) is 60.7 Å². The van der Waals surface area contributed by atoms with Crippen molar-refractivity contribution in [2.45, 2.75) is 89.9 Å². The van der Waals surface area contributed by atoms with Crippen LogP contribution in [-0.4, -0.2) is 45.0 Å². The highest BCUT2D eigenvalue weighted by atomic mass is 16.8. The van der Waals surface area contributed by atoms with Crippen molar-refractivity contribution in [1.29, 1.82) is 0 Å². The van der Waals surface area contributed by atoms with Crippen molar-refractivity contribution in [1.82, 2.24) is 10.6 Å². The monoisotopic (exact) mass is 860 g/mol. The van der Waals surface area contributed by atoms with Crippen molar-refractivity contribution < 1.29 is 52.8 Å². The smallest absolute Gasteiger partial charge is 0.283 e. The van der Waals surface area contributed by atoms with E-state index in [1.165, 1.54) is 24.3 Å². The van der Waals surface area contributed by atoms with E-state index < -0.39 is 101 Å². The molecule has 324 valence electrons. The fourth-order valence-corrected chi connectivity index (χ4v) is 9.45. The lowest BCUT2D eigenvalue weighted by Crippen LogP contribution is -2.68. The molecular formula is C44H40N6O13. The van der Waals surface area contributed by atoms with Gasteiger partial charge in [-0.25, -0.2) is 0 Å². The standard InChI is InChI=1S/C44H40N6O13/c1-19(2)25-9-11-27-33(17-25)61-43(37-31(49(57)58)15-13-29(45-21(5)51)35(37)39(55)41(27,43)47-23(7)53)63-44-38-32(50(59)60)16-14-30(46-22(6)52)36(38)40(56)42(44,48-24(8)54)28-12-10-26(20(3)4)18-34(28)62-44/h9-20H,1-8H3,(H,45,51)(H,46,52)(H,47,53)(H,48,54). The van der Waals surface area contributed by atoms with Crippen LogP contribution in [0.5, 0.6) is 11.5 Å². The first-order valence-corrected chi connectivity index (χ1v) is 19.8. The van der Waals surface area contributed by atoms with Gasteiger partial charge >= 0.3 is 0 Å². The fourth-order valence-electron chi connectivity index (χ4n) is 9.45. The molecule has 4 aromatic carbocycles. The molecule has 4 N–H and O–H groups in total. The van der Waals surface area contributed by atoms with Crippen LogP contribution in [0.25, 0.3) is 0 Å². The SMILES string of the molecule is CC(=O)Nc1ccc([N+](=O)[O-])c2c1C(=O)C1(NC(C)=O)c3ccc(C(C)C)cc3OC21OC12Oc3cc(C(C)C)ccc3C1(NC(C)=O)C(=O)c1c(NC(C)=O)ccc([N+](=O)[O-])c12. The second-order valence-corrected chi connectivity index (χ2v) is 16.5. The zero-order valence-corrected chi connectivity index (χ0v) is 35.1. The van der Waals surface area contributed by atoms with Crippen LogP contribution in [-0.2, 0) is 46.6 Å². The summed E-state index contributed by atoms with van der Waals surface area (Å²) in [5, 5.41) is 37.0. The number of ether oxygens (including phenoxy) is 3. The Labute approximate surface area is 358 Å². The number of hydrogen-bond acceptors (Lipinski definition) is 13. The van der Waals surface area contributed by atoms with E-state index in [-0.39, 0.29) is 45.8 Å². The Balaban J connectivity index is 1.61. The summed E-state index contributed by atoms with van der Waals surface area (Å²) in [4.78, 5) is 109. The molecule has 63 heavy (non-hydrogen) atoms. The third-order valence-electron chi connectivity index (χ3n) is 11.8. The number of carbonyl (C=O) groups excluding carboxylic acids is 6. The molecule has 0 bridgehead atoms. The summed E-state index contributed by atoms with van der Waals surface area (Å²) in [5.41, 5.74) is -8.89. The minimum Gasteiger partial charge on any atom is -0.454 e. The van der Waals surface area contributed by atoms with E-state index in [4.69, 9.17) is 14.2 Å². The van der Waals surface area contributed by atoms with Crippen molar-refractivity contribution in [3.63, 3.8) is 0 Å². The molecule has 4 unspecified atom stereocenters. The average Bonchev–Trinajstić information content (AvgIpc) is 3.76. The maximum Gasteiger partial charge on any atom is 0.283 e. The third-order valence-corrected chi connectivity index (χ3v) is 11.8. The number of nitro groups is 2. The molecule has 2 heterocycles. The lowest BCUT2D eigenvalue weighted by atomic mass is 9.79. The van der Waals surface area contributed by atoms with Crippen molar-refractivity contribution in [3.05, 3.63) is 125 Å². The third kappa shape index (κ3) is 5.54. The predicted molar refractivity (Wildman–Crippen MR) is 221 cm³/mol. The molecule has 0 saturated heterocycles. The topological polar surface area (TPSA) is 265 Å². The summed E-state index contributed by atoms with van der Waals surface area (Å²) in [6, 6.07) is 13.4. The summed E-state index contributed by atoms with van der Waals surface area (Å²) in [6.07, 6.45) is 0. The Bertz CT molecular complexity index is 2650. The predicted octanol–water partition coefficient (Wildman–Crippen LogP) is 5.93. The molecule has 0 aromatic heterocycles. The highest BCUT2D eigenvalue weighted by Crippen LogP contribution is 2.70. The summed E-state index contributed by atoms with van der Waals surface area (Å²) < 4.78 is 21.0. The van der Waals surface area contributed by atoms with E-state index in [2.05, 4.69) is 21.3 Å². The van der Waals surface area contributed by atoms with E-state index in [0.717, 1.165) is 52.0 Å². The molecule has 4 atom stereocenters. The maximum atomic E-state index is 15.7. The molecule has 2 aliphatic carbocycles. The second-order valence-electron chi connectivity index (χ2n) is 16.5. The first-order chi connectivity index (χ1) is 29.6. The molecule has 19 heteroatoms. The van der Waals surface area contributed by atoms with Crippen LogP contribution in [0.3, 0.4) is 0 Å². The molecule has 4 aliphatic rings. The average molecular weight is 861 g/mol. The highest BCUT2D eigenvalue weighted by Gasteiger charge is 2.83. The minimum atomic E-state index is -3.08. The van der Waals surface area contributed by atoms with E-state index >= 15 is 9.59 Å². The summed E-state index contributed by atoms with van der Waals surface area (Å²) >= 11 is 0. The van der Waals surface area contributed by atoms with Crippen molar-refractivity contribution in [2.75, 3.05) is 10.6 Å². The Morgan fingerprint density at radius 2 is 0.952 bits per heavy atom. The first kappa shape index (κ1) is 42.2. The Morgan fingerprint density at radius 1 is 0.587 bits per heavy atom. The molecule has 2 aliphatic heterocycles. The van der Waals surface area contributed by atoms with E-state index in [9.17, 15) is 39.4 Å². The number of nitrogens with zero attached hydrogens (tertiary/aromatic N) is 2. The van der Waals surface area contributed by atoms with E-state index in [1.54, 1.807) is 12.1 Å². The Morgan fingerprint density at radius 3 is 1.25 bits per heavy atom. The zero-order chi connectivity index (χ0) is 45.9. The van der Waals surface area contributed by atoms with Gasteiger partial charge in [-0.2, -0.15) is 0 Å². The number of nitro benzene ring substituents is 2. The maximum absolute atomic E-state index is 15.7. The molecule has 0 fully saturated rings. The van der Waals surface area contributed by atoms with Crippen molar-refractivity contribution in [3.8, 4) is 11.5 Å². The normalized spacial score (nSPS) is 23.1. The Kier molecular flexibility index (Phi) is 9.37. The fraction of sp³-hybridized carbons (Fsp3) is 0.318. The molecule has 4 amide bonds. The van der Waals surface area contributed by atoms with Gasteiger partial charge in [0.05, 0.1) is 32.3 Å². The molecule has 4 aromatic rings. The lowest BCUT2D eigenvalue weighted by molar-refractivity contribution is -0.399. The second kappa shape index (κ2) is 14.0. The molecule has 0 radical (unpaired) electrons. The van der Waals surface area contributed by atoms with Gasteiger partial charge in [-0.05, 0) is 47.2 Å². The number of amides is 4. The van der Waals surface area contributed by atoms with E-state index in [1.807, 2.05) is 27.7 Å². The van der Waals surface area contributed by atoms with Crippen LogP contribution < -0.4 is 30.7 Å². The van der Waals surface area contributed by atoms with Gasteiger partial charge in [0.2, 0.25) is 46.3 Å². The largest absolute Gasteiger partial charge is 0.454 e. The number of Topliss-reactive ketones (excluding diaryl/α,β-unsaturated/α-hetero) is 2. The molecule has 0 saturated carbocycles. The number of hydrogen-bond donors (Lipinski definition) is 4. The first-order valence-electron chi connectivity index (χ1n) is 19.8. The number of ketones is 2. The summed E-state index contributed by atoms with van der Waals surface area (Å²) in [6.45, 7) is 11.8. The van der Waals surface area contributed by atoms with Crippen LogP contribution in [0.2, 0.25) is 0 Å². The quantitative estimate of drug-likeness (QED) is 0.107. The minimum absolute atomic E-state index is 0.0865. The number of nitrogens with one attached hydrogen (secondary N) is 4. The van der Waals surface area contributed by atoms with Crippen molar-refractivity contribution >= 4 is 57.9 Å². The van der Waals surface area contributed by atoms with Crippen molar-refractivity contribution in [2.24, 2.45) is 0 Å². The van der Waals surface area contributed by atoms with Crippen LogP contribution >= 0.6 is 0 Å². The van der Waals surface area contributed by atoms with Gasteiger partial charge in [0.15, 0.2) is 0 Å². The molecule has 0 spiro atoms. The van der Waals surface area contributed by atoms with Gasteiger partial charge in [-0.15, -0.1) is 0 Å². The highest BCUT2D eigenvalue weighted by molar-refractivity contribution is 6.19. The summed E-state index contributed by atoms with van der Waals surface area (Å²) in [7, 11) is 0. The van der Waals surface area contributed by atoms with Gasteiger partial charge in [0.25, 0.3) is 22.9 Å². The number of carbonyl (C=O) groups is 6. The van der Waals surface area contributed by atoms with E-state index in [0.29, 0.717) is 11.1 Å². The summed E-state index contributed by atoms with van der Waals surface area (Å²) in [5.74, 6) is -12.1. The zero-order valence-electron chi connectivity index (χ0n) is 35.1. The number of fused-ring (bicyclic) bond motifs is 10. The lowest BCUT2D eigenvalue weighted by Gasteiger charge is -2.46. The van der Waals surface area contributed by atoms with Gasteiger partial charge in [-0.3, -0.25) is 53.7 Å². The number of rotatable bonds is 10. The number of benzene rings is 4. The molecule has 8 rings (SSSR count). The van der Waals surface area contributed by atoms with Crippen LogP contribution in [0, 0.1) is 20.2 Å². The van der Waals surface area contributed by atoms with Crippen LogP contribution in [0.4, 0.5) is 22.7 Å². The van der Waals surface area contributed by atoms with Gasteiger partial charge in [0, 0.05) is 51.0 Å². The Hall–Kier alpha value is -7.54. The van der Waals surface area contributed by atoms with Gasteiger partial charge < -0.3 is 30.7 Å².